The van der Waals surface area contributed by atoms with Crippen LogP contribution in [-0.2, 0) is 9.53 Å². The van der Waals surface area contributed by atoms with Gasteiger partial charge in [-0.15, -0.1) is 0 Å². The SMILES string of the molecule is COC(=O)c1ccc(C#CC=O)c([N+](=O)[O-])c1. The Bertz CT molecular complexity index is 539. The lowest BCUT2D eigenvalue weighted by atomic mass is 10.1. The number of rotatable bonds is 2. The summed E-state index contributed by atoms with van der Waals surface area (Å²) >= 11 is 0. The van der Waals surface area contributed by atoms with Crippen LogP contribution < -0.4 is 0 Å². The van der Waals surface area contributed by atoms with Crippen LogP contribution in [0.25, 0.3) is 0 Å². The number of nitrogens with zero attached hydrogens (tertiary/aromatic N) is 1. The van der Waals surface area contributed by atoms with Crippen molar-refractivity contribution in [3.8, 4) is 11.8 Å². The smallest absolute Gasteiger partial charge is 0.338 e. The van der Waals surface area contributed by atoms with Crippen LogP contribution in [0.15, 0.2) is 18.2 Å². The average Bonchev–Trinajstić information content (AvgIpc) is 2.35. The molecule has 0 aliphatic heterocycles. The highest BCUT2D eigenvalue weighted by molar-refractivity contribution is 5.90. The van der Waals surface area contributed by atoms with Crippen molar-refractivity contribution >= 4 is 17.9 Å². The summed E-state index contributed by atoms with van der Waals surface area (Å²) in [7, 11) is 1.17. The molecule has 0 unspecified atom stereocenters. The molecule has 0 N–H and O–H groups in total. The van der Waals surface area contributed by atoms with E-state index in [1.807, 2.05) is 0 Å². The maximum atomic E-state index is 11.2. The van der Waals surface area contributed by atoms with E-state index in [2.05, 4.69) is 16.6 Å². The number of aldehydes is 1. The molecular weight excluding hydrogens is 226 g/mol. The molecule has 0 bridgehead atoms. The highest BCUT2D eigenvalue weighted by Gasteiger charge is 2.16. The van der Waals surface area contributed by atoms with Gasteiger partial charge in [-0.05, 0) is 18.1 Å². The second-order valence-corrected chi connectivity index (χ2v) is 2.87. The molecule has 86 valence electrons. The molecule has 0 saturated carbocycles. The van der Waals surface area contributed by atoms with E-state index in [0.29, 0.717) is 6.29 Å². The molecule has 0 aromatic heterocycles. The largest absolute Gasteiger partial charge is 0.465 e. The van der Waals surface area contributed by atoms with Gasteiger partial charge in [-0.25, -0.2) is 4.79 Å². The van der Waals surface area contributed by atoms with Crippen molar-refractivity contribution in [1.82, 2.24) is 0 Å². The zero-order valence-electron chi connectivity index (χ0n) is 8.80. The third-order valence-corrected chi connectivity index (χ3v) is 1.88. The third kappa shape index (κ3) is 2.89. The molecule has 1 aromatic carbocycles. The minimum Gasteiger partial charge on any atom is -0.465 e. The molecule has 0 fully saturated rings. The van der Waals surface area contributed by atoms with Gasteiger partial charge in [0.15, 0.2) is 6.29 Å². The molecule has 0 aliphatic rings. The van der Waals surface area contributed by atoms with E-state index >= 15 is 0 Å². The minimum atomic E-state index is -0.679. The molecule has 1 rings (SSSR count). The molecular formula is C11H7NO5. The molecule has 1 aromatic rings. The van der Waals surface area contributed by atoms with Gasteiger partial charge >= 0.3 is 5.97 Å². The maximum Gasteiger partial charge on any atom is 0.338 e. The Morgan fingerprint density at radius 3 is 2.76 bits per heavy atom. The maximum absolute atomic E-state index is 11.2. The molecule has 0 radical (unpaired) electrons. The molecule has 0 heterocycles. The molecule has 6 heteroatoms. The van der Waals surface area contributed by atoms with E-state index in [-0.39, 0.29) is 16.8 Å². The number of benzene rings is 1. The number of carbonyl (C=O) groups is 2. The topological polar surface area (TPSA) is 86.5 Å². The lowest BCUT2D eigenvalue weighted by Gasteiger charge is -2.00. The normalized spacial score (nSPS) is 8.76. The second kappa shape index (κ2) is 5.42. The van der Waals surface area contributed by atoms with Crippen molar-refractivity contribution in [2.45, 2.75) is 0 Å². The van der Waals surface area contributed by atoms with Gasteiger partial charge in [0.1, 0.15) is 5.56 Å². The summed E-state index contributed by atoms with van der Waals surface area (Å²) in [6.07, 6.45) is 0.331. The molecule has 6 nitrogen and oxygen atoms in total. The summed E-state index contributed by atoms with van der Waals surface area (Å²) in [6.45, 7) is 0. The highest BCUT2D eigenvalue weighted by atomic mass is 16.6. The summed E-state index contributed by atoms with van der Waals surface area (Å²) < 4.78 is 4.44. The summed E-state index contributed by atoms with van der Waals surface area (Å²) in [5.41, 5.74) is -0.229. The van der Waals surface area contributed by atoms with Crippen molar-refractivity contribution in [3.05, 3.63) is 39.4 Å². The fraction of sp³-hybridized carbons (Fsp3) is 0.0909. The highest BCUT2D eigenvalue weighted by Crippen LogP contribution is 2.19. The van der Waals surface area contributed by atoms with E-state index in [1.165, 1.54) is 19.2 Å². The Labute approximate surface area is 96.3 Å². The Morgan fingerprint density at radius 1 is 1.53 bits per heavy atom. The number of esters is 1. The van der Waals surface area contributed by atoms with Crippen LogP contribution in [-0.4, -0.2) is 24.3 Å². The van der Waals surface area contributed by atoms with Crippen LogP contribution in [0.5, 0.6) is 0 Å². The Morgan fingerprint density at radius 2 is 2.24 bits per heavy atom. The van der Waals surface area contributed by atoms with Crippen molar-refractivity contribution in [2.24, 2.45) is 0 Å². The van der Waals surface area contributed by atoms with E-state index in [4.69, 9.17) is 0 Å². The van der Waals surface area contributed by atoms with E-state index < -0.39 is 10.9 Å². The van der Waals surface area contributed by atoms with Gasteiger partial charge in [0.2, 0.25) is 0 Å². The Kier molecular flexibility index (Phi) is 3.95. The number of ether oxygens (including phenoxy) is 1. The fourth-order valence-electron chi connectivity index (χ4n) is 1.14. The van der Waals surface area contributed by atoms with Gasteiger partial charge in [-0.2, -0.15) is 0 Å². The minimum absolute atomic E-state index is 0.0517. The van der Waals surface area contributed by atoms with Crippen molar-refractivity contribution < 1.29 is 19.2 Å². The van der Waals surface area contributed by atoms with Gasteiger partial charge in [-0.1, -0.05) is 5.92 Å². The van der Waals surface area contributed by atoms with Gasteiger partial charge in [0.25, 0.3) is 5.69 Å². The lowest BCUT2D eigenvalue weighted by Crippen LogP contribution is -2.03. The molecule has 0 amide bonds. The number of hydrogen-bond donors (Lipinski definition) is 0. The van der Waals surface area contributed by atoms with Gasteiger partial charge in [0.05, 0.1) is 17.6 Å². The molecule has 0 spiro atoms. The van der Waals surface area contributed by atoms with Gasteiger partial charge in [-0.3, -0.25) is 14.9 Å². The molecule has 0 aliphatic carbocycles. The van der Waals surface area contributed by atoms with E-state index in [0.717, 1.165) is 6.07 Å². The summed E-state index contributed by atoms with van der Waals surface area (Å²) in [5.74, 6) is 3.71. The first-order valence-electron chi connectivity index (χ1n) is 4.42. The lowest BCUT2D eigenvalue weighted by molar-refractivity contribution is -0.385. The van der Waals surface area contributed by atoms with Gasteiger partial charge < -0.3 is 4.74 Å². The Hall–Kier alpha value is -2.68. The summed E-state index contributed by atoms with van der Waals surface area (Å²) in [5, 5.41) is 10.7. The van der Waals surface area contributed by atoms with E-state index in [1.54, 1.807) is 0 Å². The van der Waals surface area contributed by atoms with Gasteiger partial charge in [0, 0.05) is 6.07 Å². The van der Waals surface area contributed by atoms with Crippen molar-refractivity contribution in [1.29, 1.82) is 0 Å². The standard InChI is InChI=1S/C11H7NO5/c1-17-11(14)9-5-4-8(3-2-6-13)10(7-9)12(15)16/h4-7H,1H3. The number of nitro groups is 1. The summed E-state index contributed by atoms with van der Waals surface area (Å²) in [4.78, 5) is 31.3. The van der Waals surface area contributed by atoms with Crippen LogP contribution in [0.1, 0.15) is 15.9 Å². The predicted octanol–water partition coefficient (Wildman–Crippen LogP) is 0.932. The zero-order valence-corrected chi connectivity index (χ0v) is 8.80. The van der Waals surface area contributed by atoms with Crippen molar-refractivity contribution in [3.63, 3.8) is 0 Å². The van der Waals surface area contributed by atoms with Crippen LogP contribution in [0, 0.1) is 22.0 Å². The van der Waals surface area contributed by atoms with Crippen LogP contribution in [0.2, 0.25) is 0 Å². The first-order chi connectivity index (χ1) is 8.10. The van der Waals surface area contributed by atoms with Crippen molar-refractivity contribution in [2.75, 3.05) is 7.11 Å². The first kappa shape index (κ1) is 12.4. The molecule has 0 saturated heterocycles. The fourth-order valence-corrected chi connectivity index (χ4v) is 1.14. The third-order valence-electron chi connectivity index (χ3n) is 1.88. The summed E-state index contributed by atoms with van der Waals surface area (Å²) in [6, 6.07) is 3.69. The number of methoxy groups -OCH3 is 1. The quantitative estimate of drug-likeness (QED) is 0.249. The molecule has 0 atom stereocenters. The average molecular weight is 233 g/mol. The Balaban J connectivity index is 3.31. The number of nitro benzene ring substituents is 1. The van der Waals surface area contributed by atoms with Crippen LogP contribution >= 0.6 is 0 Å². The number of hydrogen-bond acceptors (Lipinski definition) is 5. The van der Waals surface area contributed by atoms with E-state index in [9.17, 15) is 19.7 Å². The van der Waals surface area contributed by atoms with Crippen LogP contribution in [0.4, 0.5) is 5.69 Å². The first-order valence-corrected chi connectivity index (χ1v) is 4.42. The number of carbonyl (C=O) groups excluding carboxylic acids is 2. The molecule has 17 heavy (non-hydrogen) atoms. The van der Waals surface area contributed by atoms with Crippen LogP contribution in [0.3, 0.4) is 0 Å². The zero-order chi connectivity index (χ0) is 12.8. The second-order valence-electron chi connectivity index (χ2n) is 2.87. The predicted molar refractivity (Wildman–Crippen MR) is 57.4 cm³/mol. The monoisotopic (exact) mass is 233 g/mol.